The molecule has 6 nitrogen and oxygen atoms in total. The van der Waals surface area contributed by atoms with E-state index in [-0.39, 0.29) is 11.5 Å². The molecule has 3 heterocycles. The number of nitrogens with zero attached hydrogens (tertiary/aromatic N) is 2. The van der Waals surface area contributed by atoms with Crippen LogP contribution in [0, 0.1) is 5.92 Å². The number of carbonyl (C=O) groups is 1. The lowest BCUT2D eigenvalue weighted by Gasteiger charge is -2.27. The van der Waals surface area contributed by atoms with Crippen molar-refractivity contribution in [2.45, 2.75) is 32.2 Å². The lowest BCUT2D eigenvalue weighted by Crippen LogP contribution is -2.39. The number of rotatable bonds is 4. The summed E-state index contributed by atoms with van der Waals surface area (Å²) in [6.45, 7) is 3.22. The fraction of sp³-hybridized carbons (Fsp3) is 0.450. The second-order valence-corrected chi connectivity index (χ2v) is 7.28. The second-order valence-electron chi connectivity index (χ2n) is 7.28. The molecule has 2 aliphatic rings. The molecule has 26 heavy (non-hydrogen) atoms. The molecule has 1 fully saturated rings. The van der Waals surface area contributed by atoms with Gasteiger partial charge in [0.25, 0.3) is 5.56 Å². The summed E-state index contributed by atoms with van der Waals surface area (Å²) in [5, 5.41) is 3.40. The normalized spacial score (nSPS) is 19.4. The molecule has 1 atom stereocenters. The number of benzene rings is 1. The molecular weight excluding hydrogens is 328 g/mol. The minimum atomic E-state index is -0.0878. The molecular formula is C20H24N4O2. The van der Waals surface area contributed by atoms with Gasteiger partial charge in [-0.3, -0.25) is 9.59 Å². The van der Waals surface area contributed by atoms with E-state index in [0.717, 1.165) is 31.0 Å². The van der Waals surface area contributed by atoms with Gasteiger partial charge in [-0.25, -0.2) is 4.98 Å². The van der Waals surface area contributed by atoms with Gasteiger partial charge in [-0.15, -0.1) is 0 Å². The quantitative estimate of drug-likeness (QED) is 0.862. The van der Waals surface area contributed by atoms with Crippen molar-refractivity contribution in [3.63, 3.8) is 0 Å². The molecule has 0 aliphatic carbocycles. The predicted molar refractivity (Wildman–Crippen MR) is 98.8 cm³/mol. The van der Waals surface area contributed by atoms with Gasteiger partial charge in [0, 0.05) is 12.1 Å². The first-order chi connectivity index (χ1) is 12.7. The van der Waals surface area contributed by atoms with Gasteiger partial charge in [-0.05, 0) is 49.4 Å². The number of aromatic nitrogens is 2. The Bertz CT molecular complexity index is 838. The van der Waals surface area contributed by atoms with Crippen LogP contribution in [0.1, 0.15) is 28.8 Å². The molecule has 1 aromatic carbocycles. The van der Waals surface area contributed by atoms with Crippen LogP contribution in [0.3, 0.4) is 0 Å². The largest absolute Gasteiger partial charge is 0.336 e. The third kappa shape index (κ3) is 3.70. The summed E-state index contributed by atoms with van der Waals surface area (Å²) in [5.74, 6) is 0.817. The monoisotopic (exact) mass is 352 g/mol. The molecule has 0 spiro atoms. The topological polar surface area (TPSA) is 78.1 Å². The smallest absolute Gasteiger partial charge is 0.254 e. The minimum Gasteiger partial charge on any atom is -0.336 e. The SMILES string of the molecule is O=C(Cc1ccc(CC2CCNC2)cc1)N1CCc2c(nc[nH]c2=O)C1. The van der Waals surface area contributed by atoms with Gasteiger partial charge in [-0.1, -0.05) is 24.3 Å². The first-order valence-corrected chi connectivity index (χ1v) is 9.31. The van der Waals surface area contributed by atoms with Crippen molar-refractivity contribution in [3.8, 4) is 0 Å². The van der Waals surface area contributed by atoms with Crippen molar-refractivity contribution in [3.05, 3.63) is 63.3 Å². The third-order valence-corrected chi connectivity index (χ3v) is 5.43. The van der Waals surface area contributed by atoms with Crippen molar-refractivity contribution < 1.29 is 4.79 Å². The molecule has 1 amide bonds. The number of hydrogen-bond donors (Lipinski definition) is 2. The zero-order valence-electron chi connectivity index (χ0n) is 14.8. The van der Waals surface area contributed by atoms with Gasteiger partial charge >= 0.3 is 0 Å². The van der Waals surface area contributed by atoms with Crippen LogP contribution >= 0.6 is 0 Å². The highest BCUT2D eigenvalue weighted by atomic mass is 16.2. The molecule has 1 unspecified atom stereocenters. The van der Waals surface area contributed by atoms with Gasteiger partial charge < -0.3 is 15.2 Å². The highest BCUT2D eigenvalue weighted by molar-refractivity contribution is 5.79. The van der Waals surface area contributed by atoms with Crippen molar-refractivity contribution in [1.82, 2.24) is 20.2 Å². The summed E-state index contributed by atoms with van der Waals surface area (Å²) in [7, 11) is 0. The lowest BCUT2D eigenvalue weighted by atomic mass is 9.97. The van der Waals surface area contributed by atoms with Crippen molar-refractivity contribution in [2.24, 2.45) is 5.92 Å². The third-order valence-electron chi connectivity index (χ3n) is 5.43. The Balaban J connectivity index is 1.36. The summed E-state index contributed by atoms with van der Waals surface area (Å²) in [5.41, 5.74) is 3.71. The van der Waals surface area contributed by atoms with Gasteiger partial charge in [0.15, 0.2) is 0 Å². The van der Waals surface area contributed by atoms with Crippen molar-refractivity contribution in [1.29, 1.82) is 0 Å². The molecule has 1 aromatic heterocycles. The highest BCUT2D eigenvalue weighted by Crippen LogP contribution is 2.17. The number of carbonyl (C=O) groups excluding carboxylic acids is 1. The van der Waals surface area contributed by atoms with E-state index in [2.05, 4.69) is 39.6 Å². The average Bonchev–Trinajstić information content (AvgIpc) is 3.16. The summed E-state index contributed by atoms with van der Waals surface area (Å²) in [4.78, 5) is 33.0. The molecule has 0 saturated carbocycles. The number of fused-ring (bicyclic) bond motifs is 1. The fourth-order valence-corrected chi connectivity index (χ4v) is 3.88. The molecule has 1 saturated heterocycles. The fourth-order valence-electron chi connectivity index (χ4n) is 3.88. The number of nitrogens with one attached hydrogen (secondary N) is 2. The van der Waals surface area contributed by atoms with E-state index < -0.39 is 0 Å². The van der Waals surface area contributed by atoms with Crippen LogP contribution in [0.15, 0.2) is 35.4 Å². The Morgan fingerprint density at radius 2 is 2.04 bits per heavy atom. The Morgan fingerprint density at radius 3 is 2.81 bits per heavy atom. The Morgan fingerprint density at radius 1 is 1.23 bits per heavy atom. The van der Waals surface area contributed by atoms with E-state index in [9.17, 15) is 9.59 Å². The van der Waals surface area contributed by atoms with E-state index in [1.807, 2.05) is 0 Å². The van der Waals surface area contributed by atoms with E-state index in [1.54, 1.807) is 4.90 Å². The van der Waals surface area contributed by atoms with Crippen LogP contribution in [-0.2, 0) is 30.6 Å². The van der Waals surface area contributed by atoms with Crippen LogP contribution in [0.2, 0.25) is 0 Å². The van der Waals surface area contributed by atoms with Gasteiger partial charge in [0.1, 0.15) is 0 Å². The van der Waals surface area contributed by atoms with Crippen LogP contribution < -0.4 is 10.9 Å². The second kappa shape index (κ2) is 7.41. The van der Waals surface area contributed by atoms with Gasteiger partial charge in [-0.2, -0.15) is 0 Å². The molecule has 0 bridgehead atoms. The van der Waals surface area contributed by atoms with E-state index in [4.69, 9.17) is 0 Å². The highest BCUT2D eigenvalue weighted by Gasteiger charge is 2.23. The summed E-state index contributed by atoms with van der Waals surface area (Å²) < 4.78 is 0. The minimum absolute atomic E-state index is 0.0878. The molecule has 2 aliphatic heterocycles. The summed E-state index contributed by atoms with van der Waals surface area (Å²) in [6, 6.07) is 8.42. The molecule has 136 valence electrons. The maximum Gasteiger partial charge on any atom is 0.254 e. The van der Waals surface area contributed by atoms with Gasteiger partial charge in [0.2, 0.25) is 5.91 Å². The maximum absolute atomic E-state index is 12.6. The van der Waals surface area contributed by atoms with Crippen LogP contribution in [0.5, 0.6) is 0 Å². The number of H-pyrrole nitrogens is 1. The molecule has 2 aromatic rings. The van der Waals surface area contributed by atoms with Crippen molar-refractivity contribution >= 4 is 5.91 Å². The Hall–Kier alpha value is -2.47. The number of amides is 1. The first-order valence-electron chi connectivity index (χ1n) is 9.31. The molecule has 6 heteroatoms. The lowest BCUT2D eigenvalue weighted by molar-refractivity contribution is -0.131. The van der Waals surface area contributed by atoms with E-state index >= 15 is 0 Å². The molecule has 2 N–H and O–H groups in total. The summed E-state index contributed by atoms with van der Waals surface area (Å²) in [6.07, 6.45) is 4.72. The zero-order chi connectivity index (χ0) is 17.9. The Labute approximate surface area is 152 Å². The standard InChI is InChI=1S/C20H24N4O2/c25-19(24-8-6-17-18(12-24)22-13-23-20(17)26)10-15-3-1-14(2-4-15)9-16-5-7-21-11-16/h1-4,13,16,21H,5-12H2,(H,22,23,26). The molecule has 0 radical (unpaired) electrons. The number of aromatic amines is 1. The maximum atomic E-state index is 12.6. The zero-order valence-corrected chi connectivity index (χ0v) is 14.8. The van der Waals surface area contributed by atoms with Crippen molar-refractivity contribution in [2.75, 3.05) is 19.6 Å². The predicted octanol–water partition coefficient (Wildman–Crippen LogP) is 1.05. The summed E-state index contributed by atoms with van der Waals surface area (Å²) >= 11 is 0. The number of hydrogen-bond acceptors (Lipinski definition) is 4. The van der Waals surface area contributed by atoms with Crippen LogP contribution in [-0.4, -0.2) is 40.4 Å². The molecule has 4 rings (SSSR count). The average molecular weight is 352 g/mol. The van der Waals surface area contributed by atoms with Crippen LogP contribution in [0.25, 0.3) is 0 Å². The van der Waals surface area contributed by atoms with Gasteiger partial charge in [0.05, 0.1) is 25.0 Å². The van der Waals surface area contributed by atoms with E-state index in [0.29, 0.717) is 37.2 Å². The first kappa shape index (κ1) is 17.0. The Kier molecular flexibility index (Phi) is 4.84. The van der Waals surface area contributed by atoms with Crippen LogP contribution in [0.4, 0.5) is 0 Å². The van der Waals surface area contributed by atoms with E-state index in [1.165, 1.54) is 18.3 Å².